The van der Waals surface area contributed by atoms with Crippen LogP contribution in [-0.4, -0.2) is 19.6 Å². The second-order valence-electron chi connectivity index (χ2n) is 5.90. The fraction of sp³-hybridized carbons (Fsp3) is 0.167. The summed E-state index contributed by atoms with van der Waals surface area (Å²) in [4.78, 5) is 4.37. The molecule has 4 rings (SSSR count). The number of hydrogen-bond acceptors (Lipinski definition) is 4. The van der Waals surface area contributed by atoms with Crippen molar-refractivity contribution in [3.05, 3.63) is 59.8 Å². The van der Waals surface area contributed by atoms with Crippen molar-refractivity contribution in [3.8, 4) is 22.6 Å². The lowest BCUT2D eigenvalue weighted by Crippen LogP contribution is -1.97. The Kier molecular flexibility index (Phi) is 3.58. The van der Waals surface area contributed by atoms with Crippen LogP contribution in [0.2, 0.25) is 5.02 Å². The third-order valence-electron chi connectivity index (χ3n) is 3.89. The zero-order valence-electron chi connectivity index (χ0n) is 13.3. The molecule has 0 unspecified atom stereocenters. The molecule has 3 heterocycles. The first kappa shape index (κ1) is 14.9. The Morgan fingerprint density at radius 3 is 2.50 bits per heavy atom. The quantitative estimate of drug-likeness (QED) is 0.537. The normalized spacial score (nSPS) is 11.5. The van der Waals surface area contributed by atoms with Gasteiger partial charge in [0.05, 0.1) is 0 Å². The first-order valence-electron chi connectivity index (χ1n) is 7.68. The number of oxazole rings is 1. The van der Waals surface area contributed by atoms with Gasteiger partial charge in [0.2, 0.25) is 0 Å². The summed E-state index contributed by atoms with van der Waals surface area (Å²) in [6.45, 7) is 4.19. The highest BCUT2D eigenvalue weighted by atomic mass is 35.5. The van der Waals surface area contributed by atoms with E-state index in [0.717, 1.165) is 28.3 Å². The molecule has 0 aliphatic rings. The average Bonchev–Trinajstić information content (AvgIpc) is 3.21. The SMILES string of the molecule is CC(C)c1nnc2ccc(-c3ocnc3-c3ccc(Cl)cc3)cn12. The van der Waals surface area contributed by atoms with Crippen molar-refractivity contribution in [3.63, 3.8) is 0 Å². The third kappa shape index (κ3) is 2.47. The Bertz CT molecular complexity index is 1000. The number of nitrogens with zero attached hydrogens (tertiary/aromatic N) is 4. The van der Waals surface area contributed by atoms with Gasteiger partial charge in [-0.2, -0.15) is 0 Å². The third-order valence-corrected chi connectivity index (χ3v) is 4.14. The van der Waals surface area contributed by atoms with E-state index in [-0.39, 0.29) is 5.92 Å². The Morgan fingerprint density at radius 2 is 1.75 bits per heavy atom. The first-order valence-corrected chi connectivity index (χ1v) is 8.06. The number of hydrogen-bond donors (Lipinski definition) is 0. The van der Waals surface area contributed by atoms with Gasteiger partial charge < -0.3 is 4.42 Å². The Hall–Kier alpha value is -2.66. The largest absolute Gasteiger partial charge is 0.443 e. The van der Waals surface area contributed by atoms with Gasteiger partial charge >= 0.3 is 0 Å². The maximum absolute atomic E-state index is 5.97. The van der Waals surface area contributed by atoms with E-state index in [4.69, 9.17) is 16.0 Å². The zero-order chi connectivity index (χ0) is 16.7. The lowest BCUT2D eigenvalue weighted by Gasteiger charge is -2.06. The zero-order valence-corrected chi connectivity index (χ0v) is 14.0. The molecule has 0 N–H and O–H groups in total. The highest BCUT2D eigenvalue weighted by molar-refractivity contribution is 6.30. The van der Waals surface area contributed by atoms with Gasteiger partial charge in [0.15, 0.2) is 17.8 Å². The topological polar surface area (TPSA) is 56.2 Å². The summed E-state index contributed by atoms with van der Waals surface area (Å²) in [5, 5.41) is 9.16. The molecular weight excluding hydrogens is 324 g/mol. The predicted molar refractivity (Wildman–Crippen MR) is 93.0 cm³/mol. The molecule has 1 aromatic carbocycles. The minimum absolute atomic E-state index is 0.278. The van der Waals surface area contributed by atoms with Crippen molar-refractivity contribution in [2.45, 2.75) is 19.8 Å². The van der Waals surface area contributed by atoms with E-state index >= 15 is 0 Å². The van der Waals surface area contributed by atoms with E-state index in [0.29, 0.717) is 10.8 Å². The first-order chi connectivity index (χ1) is 11.6. The van der Waals surface area contributed by atoms with Gasteiger partial charge in [0.1, 0.15) is 11.5 Å². The molecule has 0 aliphatic carbocycles. The number of halogens is 1. The van der Waals surface area contributed by atoms with Gasteiger partial charge in [-0.05, 0) is 24.3 Å². The molecule has 24 heavy (non-hydrogen) atoms. The maximum Gasteiger partial charge on any atom is 0.182 e. The van der Waals surface area contributed by atoms with Crippen LogP contribution in [0.25, 0.3) is 28.2 Å². The lowest BCUT2D eigenvalue weighted by molar-refractivity contribution is 0.572. The predicted octanol–water partition coefficient (Wildman–Crippen LogP) is 4.83. The standard InChI is InChI=1S/C18H15ClN4O/c1-11(2)18-22-21-15-8-5-13(9-23(15)18)17-16(20-10-24-17)12-3-6-14(19)7-4-12/h3-11H,1-2H3. The Labute approximate surface area is 143 Å². The van der Waals surface area contributed by atoms with Gasteiger partial charge in [0.25, 0.3) is 0 Å². The van der Waals surface area contributed by atoms with Crippen LogP contribution in [-0.2, 0) is 0 Å². The molecule has 0 saturated carbocycles. The van der Waals surface area contributed by atoms with Crippen molar-refractivity contribution in [1.82, 2.24) is 19.6 Å². The fourth-order valence-electron chi connectivity index (χ4n) is 2.70. The van der Waals surface area contributed by atoms with E-state index in [1.165, 1.54) is 6.39 Å². The monoisotopic (exact) mass is 338 g/mol. The van der Waals surface area contributed by atoms with Crippen LogP contribution in [0.1, 0.15) is 25.6 Å². The van der Waals surface area contributed by atoms with Crippen LogP contribution in [0.4, 0.5) is 0 Å². The molecule has 120 valence electrons. The number of aromatic nitrogens is 4. The Balaban J connectivity index is 1.85. The van der Waals surface area contributed by atoms with Crippen LogP contribution < -0.4 is 0 Å². The van der Waals surface area contributed by atoms with Gasteiger partial charge in [-0.15, -0.1) is 10.2 Å². The van der Waals surface area contributed by atoms with Gasteiger partial charge in [-0.25, -0.2) is 4.98 Å². The molecule has 6 heteroatoms. The summed E-state index contributed by atoms with van der Waals surface area (Å²) in [6.07, 6.45) is 3.45. The van der Waals surface area contributed by atoms with Gasteiger partial charge in [-0.1, -0.05) is 37.6 Å². The minimum Gasteiger partial charge on any atom is -0.443 e. The van der Waals surface area contributed by atoms with Crippen LogP contribution in [0.3, 0.4) is 0 Å². The summed E-state index contributed by atoms with van der Waals surface area (Å²) in [7, 11) is 0. The molecule has 0 radical (unpaired) electrons. The molecule has 4 aromatic rings. The fourth-order valence-corrected chi connectivity index (χ4v) is 2.83. The molecule has 3 aromatic heterocycles. The summed E-state index contributed by atoms with van der Waals surface area (Å²) in [5.41, 5.74) is 3.47. The summed E-state index contributed by atoms with van der Waals surface area (Å²) >= 11 is 5.97. The van der Waals surface area contributed by atoms with Gasteiger partial charge in [-0.3, -0.25) is 4.40 Å². The molecule has 0 bridgehead atoms. The number of benzene rings is 1. The van der Waals surface area contributed by atoms with Crippen LogP contribution in [0, 0.1) is 0 Å². The van der Waals surface area contributed by atoms with Crippen molar-refractivity contribution in [2.75, 3.05) is 0 Å². The Morgan fingerprint density at radius 1 is 1.00 bits per heavy atom. The van der Waals surface area contributed by atoms with Crippen molar-refractivity contribution in [1.29, 1.82) is 0 Å². The molecule has 0 fully saturated rings. The summed E-state index contributed by atoms with van der Waals surface area (Å²) < 4.78 is 7.66. The summed E-state index contributed by atoms with van der Waals surface area (Å²) in [6, 6.07) is 11.4. The maximum atomic E-state index is 5.97. The van der Waals surface area contributed by atoms with E-state index in [1.807, 2.05) is 47.0 Å². The van der Waals surface area contributed by atoms with Crippen LogP contribution >= 0.6 is 11.6 Å². The number of rotatable bonds is 3. The minimum atomic E-state index is 0.278. The number of pyridine rings is 1. The molecule has 0 saturated heterocycles. The highest BCUT2D eigenvalue weighted by Crippen LogP contribution is 2.32. The van der Waals surface area contributed by atoms with Crippen molar-refractivity contribution < 1.29 is 4.42 Å². The second-order valence-corrected chi connectivity index (χ2v) is 6.33. The lowest BCUT2D eigenvalue weighted by atomic mass is 10.1. The van der Waals surface area contributed by atoms with E-state index in [2.05, 4.69) is 29.0 Å². The molecule has 0 aliphatic heterocycles. The van der Waals surface area contributed by atoms with Crippen LogP contribution in [0.5, 0.6) is 0 Å². The second kappa shape index (κ2) is 5.76. The average molecular weight is 339 g/mol. The van der Waals surface area contributed by atoms with Crippen molar-refractivity contribution >= 4 is 17.2 Å². The number of fused-ring (bicyclic) bond motifs is 1. The molecule has 5 nitrogen and oxygen atoms in total. The molecule has 0 spiro atoms. The van der Waals surface area contributed by atoms with E-state index in [9.17, 15) is 0 Å². The van der Waals surface area contributed by atoms with Crippen LogP contribution in [0.15, 0.2) is 53.4 Å². The highest BCUT2D eigenvalue weighted by Gasteiger charge is 2.16. The molecule has 0 amide bonds. The molecular formula is C18H15ClN4O. The van der Waals surface area contributed by atoms with Gasteiger partial charge in [0, 0.05) is 28.3 Å². The molecule has 0 atom stereocenters. The van der Waals surface area contributed by atoms with Crippen molar-refractivity contribution in [2.24, 2.45) is 0 Å². The van der Waals surface area contributed by atoms with E-state index in [1.54, 1.807) is 0 Å². The van der Waals surface area contributed by atoms with E-state index < -0.39 is 0 Å². The summed E-state index contributed by atoms with van der Waals surface area (Å²) in [5.74, 6) is 1.91. The smallest absolute Gasteiger partial charge is 0.182 e.